The topological polar surface area (TPSA) is 21.3 Å². The molecule has 1 aliphatic heterocycles. The van der Waals surface area contributed by atoms with Gasteiger partial charge >= 0.3 is 0 Å². The molecule has 1 N–H and O–H groups in total. The van der Waals surface area contributed by atoms with E-state index in [1.807, 2.05) is 12.2 Å². The molecule has 0 aliphatic carbocycles. The summed E-state index contributed by atoms with van der Waals surface area (Å²) in [7, 11) is 0. The van der Waals surface area contributed by atoms with Crippen LogP contribution in [0.25, 0.3) is 0 Å². The molecule has 12 heavy (non-hydrogen) atoms. The van der Waals surface area contributed by atoms with Crippen molar-refractivity contribution in [1.29, 1.82) is 0 Å². The molecule has 0 bridgehead atoms. The lowest BCUT2D eigenvalue weighted by Gasteiger charge is -2.36. The van der Waals surface area contributed by atoms with Gasteiger partial charge in [0.1, 0.15) is 0 Å². The van der Waals surface area contributed by atoms with E-state index in [0.29, 0.717) is 0 Å². The Hall–Kier alpha value is -0.600. The fourth-order valence-electron chi connectivity index (χ4n) is 1.58. The summed E-state index contributed by atoms with van der Waals surface area (Å²) >= 11 is 0. The van der Waals surface area contributed by atoms with Crippen LogP contribution in [-0.2, 0) is 4.74 Å². The predicted octanol–water partition coefficient (Wildman–Crippen LogP) is 1.50. The monoisotopic (exact) mass is 167 g/mol. The quantitative estimate of drug-likeness (QED) is 0.641. The van der Waals surface area contributed by atoms with Crippen molar-refractivity contribution in [2.24, 2.45) is 0 Å². The summed E-state index contributed by atoms with van der Waals surface area (Å²) in [6, 6.07) is 0. The summed E-state index contributed by atoms with van der Waals surface area (Å²) in [5.74, 6) is 0. The molecule has 0 saturated carbocycles. The molecule has 1 aliphatic rings. The second kappa shape index (κ2) is 4.43. The molecule has 2 nitrogen and oxygen atoms in total. The largest absolute Gasteiger partial charge is 0.372 e. The van der Waals surface area contributed by atoms with Crippen LogP contribution in [0.4, 0.5) is 0 Å². The number of hydrogen-bond acceptors (Lipinski definition) is 2. The molecular formula is C10H17NO. The first-order valence-electron chi connectivity index (χ1n) is 4.39. The molecule has 0 radical (unpaired) electrons. The summed E-state index contributed by atoms with van der Waals surface area (Å²) in [5.41, 5.74) is -0.0677. The fraction of sp³-hybridized carbons (Fsp3) is 0.600. The average molecular weight is 167 g/mol. The van der Waals surface area contributed by atoms with E-state index in [0.717, 1.165) is 32.5 Å². The lowest BCUT2D eigenvalue weighted by molar-refractivity contribution is -0.0612. The van der Waals surface area contributed by atoms with Crippen LogP contribution in [-0.4, -0.2) is 25.3 Å². The van der Waals surface area contributed by atoms with Gasteiger partial charge in [0.2, 0.25) is 0 Å². The average Bonchev–Trinajstić information content (AvgIpc) is 2.07. The lowest BCUT2D eigenvalue weighted by Crippen LogP contribution is -2.49. The van der Waals surface area contributed by atoms with Gasteiger partial charge in [0.05, 0.1) is 12.2 Å². The predicted molar refractivity (Wildman–Crippen MR) is 51.2 cm³/mol. The van der Waals surface area contributed by atoms with Crippen molar-refractivity contribution >= 4 is 0 Å². The highest BCUT2D eigenvalue weighted by molar-refractivity contribution is 4.96. The van der Waals surface area contributed by atoms with E-state index in [1.54, 1.807) is 0 Å². The van der Waals surface area contributed by atoms with E-state index in [-0.39, 0.29) is 5.60 Å². The third kappa shape index (κ3) is 2.19. The van der Waals surface area contributed by atoms with E-state index >= 15 is 0 Å². The first-order chi connectivity index (χ1) is 5.83. The van der Waals surface area contributed by atoms with Gasteiger partial charge in [-0.25, -0.2) is 0 Å². The summed E-state index contributed by atoms with van der Waals surface area (Å²) in [6.45, 7) is 10.1. The smallest absolute Gasteiger partial charge is 0.0875 e. The minimum atomic E-state index is -0.0677. The SMILES string of the molecule is C=CCC1(CC=C)CNCCO1. The first kappa shape index (κ1) is 9.49. The number of hydrogen-bond donors (Lipinski definition) is 1. The Bertz CT molecular complexity index is 147. The molecule has 0 amide bonds. The molecule has 1 heterocycles. The van der Waals surface area contributed by atoms with Crippen LogP contribution < -0.4 is 5.32 Å². The molecule has 1 rings (SSSR count). The zero-order valence-corrected chi connectivity index (χ0v) is 7.51. The number of rotatable bonds is 4. The Morgan fingerprint density at radius 2 is 2.00 bits per heavy atom. The minimum Gasteiger partial charge on any atom is -0.372 e. The second-order valence-corrected chi connectivity index (χ2v) is 3.19. The van der Waals surface area contributed by atoms with Gasteiger partial charge in [0, 0.05) is 13.1 Å². The van der Waals surface area contributed by atoms with Gasteiger partial charge in [-0.15, -0.1) is 13.2 Å². The van der Waals surface area contributed by atoms with E-state index < -0.39 is 0 Å². The van der Waals surface area contributed by atoms with Crippen LogP contribution in [0, 0.1) is 0 Å². The van der Waals surface area contributed by atoms with Crippen LogP contribution in [0.3, 0.4) is 0 Å². The summed E-state index contributed by atoms with van der Waals surface area (Å²) in [6.07, 6.45) is 5.62. The maximum Gasteiger partial charge on any atom is 0.0875 e. The molecule has 68 valence electrons. The van der Waals surface area contributed by atoms with Crippen LogP contribution in [0.1, 0.15) is 12.8 Å². The summed E-state index contributed by atoms with van der Waals surface area (Å²) < 4.78 is 5.74. The highest BCUT2D eigenvalue weighted by atomic mass is 16.5. The third-order valence-electron chi connectivity index (χ3n) is 2.17. The van der Waals surface area contributed by atoms with E-state index in [2.05, 4.69) is 18.5 Å². The first-order valence-corrected chi connectivity index (χ1v) is 4.39. The Morgan fingerprint density at radius 3 is 2.42 bits per heavy atom. The number of ether oxygens (including phenoxy) is 1. The van der Waals surface area contributed by atoms with Gasteiger partial charge < -0.3 is 10.1 Å². The van der Waals surface area contributed by atoms with Crippen LogP contribution in [0.2, 0.25) is 0 Å². The van der Waals surface area contributed by atoms with Gasteiger partial charge in [-0.05, 0) is 12.8 Å². The Balaban J connectivity index is 2.55. The fourth-order valence-corrected chi connectivity index (χ4v) is 1.58. The highest BCUT2D eigenvalue weighted by Crippen LogP contribution is 2.22. The maximum atomic E-state index is 5.74. The van der Waals surface area contributed by atoms with Crippen molar-refractivity contribution in [2.45, 2.75) is 18.4 Å². The Labute approximate surface area is 74.3 Å². The standard InChI is InChI=1S/C10H17NO/c1-3-5-10(6-4-2)9-11-7-8-12-10/h3-4,11H,1-2,5-9H2. The van der Waals surface area contributed by atoms with Gasteiger partial charge in [0.25, 0.3) is 0 Å². The molecule has 1 fully saturated rings. The molecule has 1 saturated heterocycles. The van der Waals surface area contributed by atoms with Crippen molar-refractivity contribution in [3.63, 3.8) is 0 Å². The van der Waals surface area contributed by atoms with Crippen LogP contribution in [0.15, 0.2) is 25.3 Å². The normalized spacial score (nSPS) is 21.7. The highest BCUT2D eigenvalue weighted by Gasteiger charge is 2.30. The van der Waals surface area contributed by atoms with Crippen molar-refractivity contribution in [3.8, 4) is 0 Å². The molecule has 0 unspecified atom stereocenters. The van der Waals surface area contributed by atoms with Gasteiger partial charge in [-0.3, -0.25) is 0 Å². The van der Waals surface area contributed by atoms with Crippen molar-refractivity contribution in [2.75, 3.05) is 19.7 Å². The molecule has 0 aromatic rings. The summed E-state index contributed by atoms with van der Waals surface area (Å²) in [5, 5.41) is 3.32. The Kier molecular flexibility index (Phi) is 3.50. The van der Waals surface area contributed by atoms with Crippen molar-refractivity contribution in [3.05, 3.63) is 25.3 Å². The number of nitrogens with one attached hydrogen (secondary N) is 1. The zero-order valence-electron chi connectivity index (χ0n) is 7.51. The molecule has 0 aromatic carbocycles. The third-order valence-corrected chi connectivity index (χ3v) is 2.17. The Morgan fingerprint density at radius 1 is 1.33 bits per heavy atom. The van der Waals surface area contributed by atoms with Gasteiger partial charge in [0.15, 0.2) is 0 Å². The van der Waals surface area contributed by atoms with Crippen LogP contribution >= 0.6 is 0 Å². The maximum absolute atomic E-state index is 5.74. The van der Waals surface area contributed by atoms with Crippen molar-refractivity contribution < 1.29 is 4.74 Å². The van der Waals surface area contributed by atoms with Crippen molar-refractivity contribution in [1.82, 2.24) is 5.32 Å². The number of morpholine rings is 1. The summed E-state index contributed by atoms with van der Waals surface area (Å²) in [4.78, 5) is 0. The molecule has 0 spiro atoms. The lowest BCUT2D eigenvalue weighted by atomic mass is 9.94. The minimum absolute atomic E-state index is 0.0677. The zero-order chi connectivity index (χ0) is 8.86. The van der Waals surface area contributed by atoms with E-state index in [4.69, 9.17) is 4.74 Å². The van der Waals surface area contributed by atoms with Crippen LogP contribution in [0.5, 0.6) is 0 Å². The molecule has 0 aromatic heterocycles. The molecule has 0 atom stereocenters. The van der Waals surface area contributed by atoms with E-state index in [1.165, 1.54) is 0 Å². The molecule has 2 heteroatoms. The molecular weight excluding hydrogens is 150 g/mol. The van der Waals surface area contributed by atoms with Gasteiger partial charge in [-0.1, -0.05) is 12.2 Å². The van der Waals surface area contributed by atoms with Gasteiger partial charge in [-0.2, -0.15) is 0 Å². The van der Waals surface area contributed by atoms with E-state index in [9.17, 15) is 0 Å². The second-order valence-electron chi connectivity index (χ2n) is 3.19.